The van der Waals surface area contributed by atoms with Crippen molar-refractivity contribution in [2.75, 3.05) is 66.1 Å². The van der Waals surface area contributed by atoms with Gasteiger partial charge in [0.2, 0.25) is 10.0 Å². The van der Waals surface area contributed by atoms with Gasteiger partial charge in [-0.3, -0.25) is 0 Å². The molecule has 3 aliphatic rings. The molecule has 3 saturated heterocycles. The van der Waals surface area contributed by atoms with Crippen molar-refractivity contribution in [3.8, 4) is 0 Å². The molecule has 1 unspecified atom stereocenters. The van der Waals surface area contributed by atoms with Crippen LogP contribution in [0.25, 0.3) is 0 Å². The van der Waals surface area contributed by atoms with Gasteiger partial charge in [0.15, 0.2) is 5.96 Å². The van der Waals surface area contributed by atoms with Gasteiger partial charge in [0.1, 0.15) is 0 Å². The van der Waals surface area contributed by atoms with Crippen LogP contribution in [0.5, 0.6) is 0 Å². The monoisotopic (exact) mass is 577 g/mol. The number of likely N-dealkylation sites (N-methyl/N-ethyl adjacent to an activating group) is 1. The lowest BCUT2D eigenvalue weighted by Crippen LogP contribution is -2.47. The van der Waals surface area contributed by atoms with E-state index >= 15 is 0 Å². The van der Waals surface area contributed by atoms with E-state index in [-0.39, 0.29) is 29.4 Å². The number of guanidine groups is 1. The van der Waals surface area contributed by atoms with Gasteiger partial charge in [0, 0.05) is 57.8 Å². The molecule has 0 saturated carbocycles. The van der Waals surface area contributed by atoms with E-state index in [0.717, 1.165) is 70.3 Å². The molecule has 0 amide bonds. The average molecular weight is 578 g/mol. The Hall–Kier alpha value is -0.950. The minimum absolute atomic E-state index is 0. The van der Waals surface area contributed by atoms with Crippen molar-refractivity contribution in [3.63, 3.8) is 0 Å². The number of hydrogen-bond acceptors (Lipinski definition) is 5. The number of likely N-dealkylation sites (tertiary alicyclic amines) is 1. The van der Waals surface area contributed by atoms with Crippen LogP contribution in [-0.2, 0) is 21.3 Å². The number of piperazine rings is 1. The second-order valence-corrected chi connectivity index (χ2v) is 10.9. The molecule has 180 valence electrons. The molecular weight excluding hydrogens is 541 g/mol. The second kappa shape index (κ2) is 11.0. The van der Waals surface area contributed by atoms with Crippen LogP contribution < -0.4 is 5.32 Å². The van der Waals surface area contributed by atoms with E-state index in [2.05, 4.69) is 22.0 Å². The molecule has 4 rings (SSSR count). The van der Waals surface area contributed by atoms with E-state index in [4.69, 9.17) is 9.73 Å². The zero-order chi connectivity index (χ0) is 21.9. The Labute approximate surface area is 209 Å². The van der Waals surface area contributed by atoms with E-state index in [1.807, 2.05) is 19.2 Å². The maximum absolute atomic E-state index is 13.3. The maximum atomic E-state index is 13.3. The molecule has 3 aliphatic heterocycles. The molecule has 3 heterocycles. The van der Waals surface area contributed by atoms with E-state index in [0.29, 0.717) is 24.5 Å². The fourth-order valence-corrected chi connectivity index (χ4v) is 6.36. The summed E-state index contributed by atoms with van der Waals surface area (Å²) in [5.74, 6) is 0.859. The Kier molecular flexibility index (Phi) is 8.81. The van der Waals surface area contributed by atoms with Gasteiger partial charge in [-0.2, -0.15) is 4.31 Å². The third-order valence-corrected chi connectivity index (χ3v) is 8.71. The highest BCUT2D eigenvalue weighted by molar-refractivity contribution is 14.0. The molecular formula is C22H36IN5O3S. The summed E-state index contributed by atoms with van der Waals surface area (Å²) in [4.78, 5) is 9.68. The maximum Gasteiger partial charge on any atom is 0.243 e. The lowest BCUT2D eigenvalue weighted by molar-refractivity contribution is 0.156. The molecule has 8 nitrogen and oxygen atoms in total. The van der Waals surface area contributed by atoms with Crippen molar-refractivity contribution in [2.24, 2.45) is 10.4 Å². The van der Waals surface area contributed by atoms with Crippen molar-refractivity contribution in [1.29, 1.82) is 0 Å². The SMILES string of the molecule is CCNC(=NCc1ccccc1S(=O)(=O)N1CCN(C)CC1)N1CCC2(CCOC2)C1.I. The highest BCUT2D eigenvalue weighted by atomic mass is 127. The summed E-state index contributed by atoms with van der Waals surface area (Å²) < 4.78 is 33.9. The van der Waals surface area contributed by atoms with Crippen LogP contribution in [0.15, 0.2) is 34.2 Å². The molecule has 0 aliphatic carbocycles. The van der Waals surface area contributed by atoms with E-state index in [1.165, 1.54) is 0 Å². The Morgan fingerprint density at radius 2 is 1.91 bits per heavy atom. The first-order chi connectivity index (χ1) is 14.9. The highest BCUT2D eigenvalue weighted by Gasteiger charge is 2.42. The van der Waals surface area contributed by atoms with Gasteiger partial charge in [-0.1, -0.05) is 18.2 Å². The number of benzene rings is 1. The summed E-state index contributed by atoms with van der Waals surface area (Å²) in [6.07, 6.45) is 2.22. The molecule has 0 aromatic heterocycles. The third kappa shape index (κ3) is 5.57. The third-order valence-electron chi connectivity index (χ3n) is 6.71. The summed E-state index contributed by atoms with van der Waals surface area (Å²) in [6.45, 7) is 9.31. The topological polar surface area (TPSA) is 77.5 Å². The molecule has 1 atom stereocenters. The van der Waals surface area contributed by atoms with Crippen molar-refractivity contribution >= 4 is 40.0 Å². The minimum Gasteiger partial charge on any atom is -0.381 e. The van der Waals surface area contributed by atoms with E-state index < -0.39 is 10.0 Å². The predicted octanol–water partition coefficient (Wildman–Crippen LogP) is 1.82. The quantitative estimate of drug-likeness (QED) is 0.327. The van der Waals surface area contributed by atoms with Crippen LogP contribution in [0, 0.1) is 5.41 Å². The lowest BCUT2D eigenvalue weighted by Gasteiger charge is -2.32. The molecule has 1 aromatic carbocycles. The van der Waals surface area contributed by atoms with Crippen LogP contribution in [0.4, 0.5) is 0 Å². The van der Waals surface area contributed by atoms with Crippen molar-refractivity contribution in [1.82, 2.24) is 19.4 Å². The Morgan fingerprint density at radius 3 is 2.59 bits per heavy atom. The minimum atomic E-state index is -3.53. The predicted molar refractivity (Wildman–Crippen MR) is 137 cm³/mol. The summed E-state index contributed by atoms with van der Waals surface area (Å²) >= 11 is 0. The fraction of sp³-hybridized carbons (Fsp3) is 0.682. The number of halogens is 1. The van der Waals surface area contributed by atoms with Gasteiger partial charge in [-0.25, -0.2) is 13.4 Å². The van der Waals surface area contributed by atoms with Crippen LogP contribution in [0.3, 0.4) is 0 Å². The number of rotatable bonds is 5. The van der Waals surface area contributed by atoms with E-state index in [9.17, 15) is 8.42 Å². The molecule has 3 fully saturated rings. The largest absolute Gasteiger partial charge is 0.381 e. The van der Waals surface area contributed by atoms with Crippen molar-refractivity contribution in [3.05, 3.63) is 29.8 Å². The van der Waals surface area contributed by atoms with E-state index in [1.54, 1.807) is 16.4 Å². The molecule has 1 N–H and O–H groups in total. The van der Waals surface area contributed by atoms with Gasteiger partial charge >= 0.3 is 0 Å². The smallest absolute Gasteiger partial charge is 0.243 e. The molecule has 0 radical (unpaired) electrons. The number of nitrogens with one attached hydrogen (secondary N) is 1. The van der Waals surface area contributed by atoms with Crippen molar-refractivity contribution < 1.29 is 13.2 Å². The molecule has 1 aromatic rings. The molecule has 32 heavy (non-hydrogen) atoms. The average Bonchev–Trinajstić information content (AvgIpc) is 3.41. The first kappa shape index (κ1) is 25.7. The van der Waals surface area contributed by atoms with Gasteiger partial charge in [-0.15, -0.1) is 24.0 Å². The fourth-order valence-electron chi connectivity index (χ4n) is 4.73. The Bertz CT molecular complexity index is 897. The van der Waals surface area contributed by atoms with Crippen LogP contribution in [0.2, 0.25) is 0 Å². The summed E-state index contributed by atoms with van der Waals surface area (Å²) in [5.41, 5.74) is 0.994. The zero-order valence-electron chi connectivity index (χ0n) is 19.1. The van der Waals surface area contributed by atoms with Gasteiger partial charge in [0.05, 0.1) is 18.0 Å². The Morgan fingerprint density at radius 1 is 1.16 bits per heavy atom. The summed E-state index contributed by atoms with van der Waals surface area (Å²) in [6, 6.07) is 7.28. The molecule has 0 bridgehead atoms. The lowest BCUT2D eigenvalue weighted by atomic mass is 9.87. The van der Waals surface area contributed by atoms with Crippen LogP contribution in [0.1, 0.15) is 25.3 Å². The van der Waals surface area contributed by atoms with Gasteiger partial charge in [0.25, 0.3) is 0 Å². The molecule has 1 spiro atoms. The van der Waals surface area contributed by atoms with Gasteiger partial charge in [-0.05, 0) is 38.4 Å². The summed E-state index contributed by atoms with van der Waals surface area (Å²) in [7, 11) is -1.50. The normalized spacial score (nSPS) is 25.3. The number of nitrogens with zero attached hydrogens (tertiary/aromatic N) is 4. The second-order valence-electron chi connectivity index (χ2n) is 8.96. The number of sulfonamides is 1. The molecule has 10 heteroatoms. The number of ether oxygens (including phenoxy) is 1. The first-order valence-electron chi connectivity index (χ1n) is 11.3. The standard InChI is InChI=1S/C22H35N5O3S.HI/c1-3-23-21(26-10-8-22(17-26)9-15-30-18-22)24-16-19-6-4-5-7-20(19)31(28,29)27-13-11-25(2)12-14-27;/h4-7H,3,8-18H2,1-2H3,(H,23,24);1H. The number of hydrogen-bond donors (Lipinski definition) is 1. The first-order valence-corrected chi connectivity index (χ1v) is 12.8. The number of aliphatic imine (C=N–C) groups is 1. The van der Waals surface area contributed by atoms with Crippen LogP contribution in [-0.4, -0.2) is 94.6 Å². The zero-order valence-corrected chi connectivity index (χ0v) is 22.3. The summed E-state index contributed by atoms with van der Waals surface area (Å²) in [5, 5.41) is 3.40. The van der Waals surface area contributed by atoms with Crippen molar-refractivity contribution in [2.45, 2.75) is 31.2 Å². The highest BCUT2D eigenvalue weighted by Crippen LogP contribution is 2.38. The van der Waals surface area contributed by atoms with Crippen LogP contribution >= 0.6 is 24.0 Å². The Balaban J connectivity index is 0.00000289. The van der Waals surface area contributed by atoms with Gasteiger partial charge < -0.3 is 19.9 Å².